The van der Waals surface area contributed by atoms with Crippen molar-refractivity contribution in [3.63, 3.8) is 0 Å². The number of ether oxygens (including phenoxy) is 3. The number of thioether (sulfide) groups is 1. The number of unbranched alkanes of at least 4 members (excludes halogenated alkanes) is 4. The van der Waals surface area contributed by atoms with Crippen molar-refractivity contribution in [2.24, 2.45) is 0 Å². The Labute approximate surface area is 200 Å². The van der Waals surface area contributed by atoms with Crippen LogP contribution in [-0.2, 0) is 4.79 Å². The molecular formula is C26H32N2O4S. The summed E-state index contributed by atoms with van der Waals surface area (Å²) < 4.78 is 17.7. The topological polar surface area (TPSA) is 69.7 Å². The average molecular weight is 469 g/mol. The summed E-state index contributed by atoms with van der Waals surface area (Å²) in [5, 5.41) is 4.16. The lowest BCUT2D eigenvalue weighted by atomic mass is 10.1. The second-order valence-corrected chi connectivity index (χ2v) is 8.93. The second kappa shape index (κ2) is 12.9. The third-order valence-electron chi connectivity index (χ3n) is 5.21. The molecule has 6 nitrogen and oxygen atoms in total. The molecule has 1 N–H and O–H groups in total. The van der Waals surface area contributed by atoms with Gasteiger partial charge in [-0.3, -0.25) is 9.78 Å². The van der Waals surface area contributed by atoms with Crippen LogP contribution in [0.15, 0.2) is 48.7 Å². The first kappa shape index (κ1) is 24.7. The Morgan fingerprint density at radius 1 is 0.970 bits per heavy atom. The van der Waals surface area contributed by atoms with E-state index in [1.807, 2.05) is 49.5 Å². The number of fused-ring (bicyclic) bond motifs is 1. The molecule has 0 atom stereocenters. The van der Waals surface area contributed by atoms with Gasteiger partial charge in [0.2, 0.25) is 0 Å². The van der Waals surface area contributed by atoms with Crippen molar-refractivity contribution in [2.75, 3.05) is 31.8 Å². The summed E-state index contributed by atoms with van der Waals surface area (Å²) in [6.45, 7) is 2.24. The fourth-order valence-electron chi connectivity index (χ4n) is 3.44. The molecule has 0 spiro atoms. The Hall–Kier alpha value is -2.93. The number of methoxy groups -OCH3 is 1. The number of carbonyl (C=O) groups is 1. The summed E-state index contributed by atoms with van der Waals surface area (Å²) in [7, 11) is 3.52. The van der Waals surface area contributed by atoms with Crippen LogP contribution < -0.4 is 19.5 Å². The highest BCUT2D eigenvalue weighted by molar-refractivity contribution is 8.13. The van der Waals surface area contributed by atoms with E-state index in [1.54, 1.807) is 20.2 Å². The van der Waals surface area contributed by atoms with E-state index in [4.69, 9.17) is 14.2 Å². The van der Waals surface area contributed by atoms with E-state index in [1.165, 1.54) is 11.8 Å². The maximum Gasteiger partial charge on any atom is 0.185 e. The van der Waals surface area contributed by atoms with E-state index in [-0.39, 0.29) is 5.12 Å². The zero-order chi connectivity index (χ0) is 23.5. The van der Waals surface area contributed by atoms with Crippen LogP contribution in [0, 0.1) is 0 Å². The van der Waals surface area contributed by atoms with Crippen molar-refractivity contribution < 1.29 is 19.0 Å². The Balaban J connectivity index is 1.58. The maximum absolute atomic E-state index is 10.9. The van der Waals surface area contributed by atoms with Crippen LogP contribution in [0.4, 0.5) is 5.69 Å². The second-order valence-electron chi connectivity index (χ2n) is 7.66. The molecule has 2 aromatic carbocycles. The normalized spacial score (nSPS) is 10.8. The molecular weight excluding hydrogens is 436 g/mol. The molecule has 0 aliphatic heterocycles. The Bertz CT molecular complexity index is 1040. The fourth-order valence-corrected chi connectivity index (χ4v) is 4.07. The number of benzene rings is 2. The van der Waals surface area contributed by atoms with E-state index in [0.717, 1.165) is 60.2 Å². The van der Waals surface area contributed by atoms with Gasteiger partial charge in [0.15, 0.2) is 16.6 Å². The van der Waals surface area contributed by atoms with E-state index in [0.29, 0.717) is 23.9 Å². The predicted molar refractivity (Wildman–Crippen MR) is 136 cm³/mol. The molecule has 0 unspecified atom stereocenters. The number of hydrogen-bond acceptors (Lipinski definition) is 7. The zero-order valence-corrected chi connectivity index (χ0v) is 20.4. The highest BCUT2D eigenvalue weighted by Crippen LogP contribution is 2.37. The maximum atomic E-state index is 10.9. The molecule has 0 radical (unpaired) electrons. The molecule has 3 rings (SSSR count). The Kier molecular flexibility index (Phi) is 9.69. The molecule has 0 aliphatic rings. The highest BCUT2D eigenvalue weighted by atomic mass is 32.2. The van der Waals surface area contributed by atoms with Gasteiger partial charge in [0.1, 0.15) is 11.5 Å². The lowest BCUT2D eigenvalue weighted by Gasteiger charge is -2.14. The predicted octanol–water partition coefficient (Wildman–Crippen LogP) is 6.69. The number of rotatable bonds is 13. The standard InChI is InChI=1S/C26H32N2O4S/c1-19(29)33-16-8-6-4-5-7-15-31-26-18-23-22(17-25(26)30-3)24(13-14-28-23)32-21-11-9-20(27-2)10-12-21/h9-14,17-18,27H,4-8,15-16H2,1-3H3. The van der Waals surface area contributed by atoms with E-state index < -0.39 is 0 Å². The molecule has 3 aromatic rings. The minimum atomic E-state index is 0.198. The van der Waals surface area contributed by atoms with Crippen molar-refractivity contribution in [3.8, 4) is 23.0 Å². The van der Waals surface area contributed by atoms with Gasteiger partial charge in [-0.15, -0.1) is 0 Å². The van der Waals surface area contributed by atoms with Gasteiger partial charge in [-0.2, -0.15) is 0 Å². The Morgan fingerprint density at radius 3 is 2.45 bits per heavy atom. The first-order chi connectivity index (χ1) is 16.1. The van der Waals surface area contributed by atoms with Crippen molar-refractivity contribution in [1.29, 1.82) is 0 Å². The SMILES string of the molecule is CNc1ccc(Oc2ccnc3cc(OCCCCCCCSC(C)=O)c(OC)cc23)cc1. The van der Waals surface area contributed by atoms with Crippen molar-refractivity contribution in [3.05, 3.63) is 48.7 Å². The largest absolute Gasteiger partial charge is 0.493 e. The molecule has 0 amide bonds. The number of aromatic nitrogens is 1. The van der Waals surface area contributed by atoms with Crippen LogP contribution in [-0.4, -0.2) is 36.6 Å². The molecule has 0 saturated carbocycles. The Morgan fingerprint density at radius 2 is 1.73 bits per heavy atom. The summed E-state index contributed by atoms with van der Waals surface area (Å²) in [5.41, 5.74) is 1.82. The van der Waals surface area contributed by atoms with Crippen LogP contribution in [0.2, 0.25) is 0 Å². The van der Waals surface area contributed by atoms with Gasteiger partial charge in [0.05, 0.1) is 19.2 Å². The molecule has 0 saturated heterocycles. The molecule has 0 bridgehead atoms. The summed E-state index contributed by atoms with van der Waals surface area (Å²) >= 11 is 1.41. The molecule has 176 valence electrons. The first-order valence-electron chi connectivity index (χ1n) is 11.3. The number of carbonyl (C=O) groups excluding carboxylic acids is 1. The van der Waals surface area contributed by atoms with Crippen LogP contribution in [0.3, 0.4) is 0 Å². The number of nitrogens with zero attached hydrogens (tertiary/aromatic N) is 1. The molecule has 0 fully saturated rings. The summed E-state index contributed by atoms with van der Waals surface area (Å²) in [4.78, 5) is 15.4. The molecule has 1 aromatic heterocycles. The van der Waals surface area contributed by atoms with Crippen LogP contribution in [0.5, 0.6) is 23.0 Å². The zero-order valence-electron chi connectivity index (χ0n) is 19.6. The van der Waals surface area contributed by atoms with Gasteiger partial charge < -0.3 is 19.5 Å². The summed E-state index contributed by atoms with van der Waals surface area (Å²) in [6.07, 6.45) is 7.18. The van der Waals surface area contributed by atoms with Gasteiger partial charge >= 0.3 is 0 Å². The van der Waals surface area contributed by atoms with Gasteiger partial charge in [0, 0.05) is 43.1 Å². The van der Waals surface area contributed by atoms with Gasteiger partial charge in [-0.05, 0) is 49.2 Å². The lowest BCUT2D eigenvalue weighted by molar-refractivity contribution is -0.109. The number of hydrogen-bond donors (Lipinski definition) is 1. The van der Waals surface area contributed by atoms with E-state index in [9.17, 15) is 4.79 Å². The van der Waals surface area contributed by atoms with Crippen molar-refractivity contribution in [1.82, 2.24) is 4.98 Å². The number of nitrogens with one attached hydrogen (secondary N) is 1. The average Bonchev–Trinajstić information content (AvgIpc) is 2.83. The summed E-state index contributed by atoms with van der Waals surface area (Å²) in [6, 6.07) is 13.5. The van der Waals surface area contributed by atoms with Gasteiger partial charge in [0.25, 0.3) is 0 Å². The number of anilines is 1. The fraction of sp³-hybridized carbons (Fsp3) is 0.385. The van der Waals surface area contributed by atoms with Crippen molar-refractivity contribution >= 4 is 33.5 Å². The monoisotopic (exact) mass is 468 g/mol. The lowest BCUT2D eigenvalue weighted by Crippen LogP contribution is -2.00. The van der Waals surface area contributed by atoms with E-state index >= 15 is 0 Å². The number of pyridine rings is 1. The quantitative estimate of drug-likeness (QED) is 0.280. The summed E-state index contributed by atoms with van der Waals surface area (Å²) in [5.74, 6) is 3.73. The minimum Gasteiger partial charge on any atom is -0.493 e. The van der Waals surface area contributed by atoms with Crippen molar-refractivity contribution in [2.45, 2.75) is 39.0 Å². The smallest absolute Gasteiger partial charge is 0.185 e. The van der Waals surface area contributed by atoms with Gasteiger partial charge in [-0.1, -0.05) is 31.0 Å². The highest BCUT2D eigenvalue weighted by Gasteiger charge is 2.12. The third-order valence-corrected chi connectivity index (χ3v) is 6.11. The van der Waals surface area contributed by atoms with E-state index in [2.05, 4.69) is 10.3 Å². The molecule has 0 aliphatic carbocycles. The van der Waals surface area contributed by atoms with Crippen LogP contribution in [0.25, 0.3) is 10.9 Å². The van der Waals surface area contributed by atoms with Crippen LogP contribution in [0.1, 0.15) is 39.0 Å². The molecule has 33 heavy (non-hydrogen) atoms. The van der Waals surface area contributed by atoms with Crippen LogP contribution >= 0.6 is 11.8 Å². The molecule has 7 heteroatoms. The first-order valence-corrected chi connectivity index (χ1v) is 12.3. The molecule has 1 heterocycles. The minimum absolute atomic E-state index is 0.198. The third kappa shape index (κ3) is 7.56. The van der Waals surface area contributed by atoms with Gasteiger partial charge in [-0.25, -0.2) is 0 Å².